The van der Waals surface area contributed by atoms with Gasteiger partial charge in [0, 0.05) is 6.04 Å². The molecule has 0 aliphatic rings. The van der Waals surface area contributed by atoms with Crippen molar-refractivity contribution in [3.63, 3.8) is 0 Å². The molecule has 1 atom stereocenters. The molecule has 0 fully saturated rings. The lowest BCUT2D eigenvalue weighted by molar-refractivity contribution is -0.137. The van der Waals surface area contributed by atoms with E-state index in [-0.39, 0.29) is 11.5 Å². The molecule has 1 nitrogen and oxygen atoms in total. The molecule has 102 valence electrons. The molecule has 1 aromatic rings. The molecule has 0 aromatic heterocycles. The number of alkyl halides is 3. The Morgan fingerprint density at radius 2 is 1.78 bits per heavy atom. The van der Waals surface area contributed by atoms with Crippen molar-refractivity contribution in [2.24, 2.45) is 5.73 Å². The van der Waals surface area contributed by atoms with Gasteiger partial charge < -0.3 is 5.73 Å². The molecule has 1 unspecified atom stereocenters. The van der Waals surface area contributed by atoms with Crippen LogP contribution in [0.15, 0.2) is 18.2 Å². The molecule has 0 radical (unpaired) electrons. The number of halogens is 3. The van der Waals surface area contributed by atoms with Crippen molar-refractivity contribution in [3.8, 4) is 0 Å². The molecule has 0 bridgehead atoms. The van der Waals surface area contributed by atoms with E-state index in [1.807, 2.05) is 20.8 Å². The first-order valence-electron chi connectivity index (χ1n) is 5.98. The summed E-state index contributed by atoms with van der Waals surface area (Å²) < 4.78 is 37.8. The molecule has 1 rings (SSSR count). The maximum atomic E-state index is 12.6. The van der Waals surface area contributed by atoms with E-state index in [4.69, 9.17) is 5.73 Å². The third-order valence-electron chi connectivity index (χ3n) is 3.12. The van der Waals surface area contributed by atoms with Gasteiger partial charge in [0.1, 0.15) is 0 Å². The summed E-state index contributed by atoms with van der Waals surface area (Å²) in [6, 6.07) is 3.94. The van der Waals surface area contributed by atoms with Crippen molar-refractivity contribution in [2.45, 2.75) is 51.7 Å². The van der Waals surface area contributed by atoms with Gasteiger partial charge in [0.15, 0.2) is 0 Å². The Bertz CT molecular complexity index is 420. The Morgan fingerprint density at radius 3 is 2.17 bits per heavy atom. The van der Waals surface area contributed by atoms with Crippen LogP contribution in [0.25, 0.3) is 0 Å². The van der Waals surface area contributed by atoms with Crippen molar-refractivity contribution in [2.75, 3.05) is 0 Å². The molecule has 0 saturated carbocycles. The highest BCUT2D eigenvalue weighted by Crippen LogP contribution is 2.35. The number of aryl methyl sites for hydroxylation is 1. The second-order valence-corrected chi connectivity index (χ2v) is 5.59. The second-order valence-electron chi connectivity index (χ2n) is 5.59. The second kappa shape index (κ2) is 4.92. The smallest absolute Gasteiger partial charge is 0.328 e. The zero-order valence-corrected chi connectivity index (χ0v) is 11.2. The minimum Gasteiger partial charge on any atom is -0.328 e. The lowest BCUT2D eigenvalue weighted by Gasteiger charge is -2.29. The van der Waals surface area contributed by atoms with E-state index in [0.717, 1.165) is 18.1 Å². The van der Waals surface area contributed by atoms with Crippen LogP contribution < -0.4 is 5.73 Å². The van der Waals surface area contributed by atoms with E-state index < -0.39 is 11.7 Å². The summed E-state index contributed by atoms with van der Waals surface area (Å²) in [4.78, 5) is 0. The molecule has 0 aliphatic carbocycles. The summed E-state index contributed by atoms with van der Waals surface area (Å²) in [5.41, 5.74) is 6.55. The molecule has 0 aliphatic heterocycles. The number of nitrogens with two attached hydrogens (primary N) is 1. The van der Waals surface area contributed by atoms with Crippen molar-refractivity contribution in [1.29, 1.82) is 0 Å². The van der Waals surface area contributed by atoms with Gasteiger partial charge >= 0.3 is 6.18 Å². The first-order chi connectivity index (χ1) is 8.04. The average Bonchev–Trinajstić information content (AvgIpc) is 2.13. The van der Waals surface area contributed by atoms with Gasteiger partial charge in [0.25, 0.3) is 0 Å². The summed E-state index contributed by atoms with van der Waals surface area (Å²) >= 11 is 0. The molecule has 0 spiro atoms. The molecule has 0 saturated heterocycles. The first kappa shape index (κ1) is 15.0. The molecule has 1 aromatic carbocycles. The Balaban J connectivity index is 3.13. The highest BCUT2D eigenvalue weighted by molar-refractivity contribution is 5.37. The number of hydrogen-bond donors (Lipinski definition) is 1. The maximum Gasteiger partial charge on any atom is 0.416 e. The number of hydrogen-bond acceptors (Lipinski definition) is 1. The van der Waals surface area contributed by atoms with E-state index in [0.29, 0.717) is 5.56 Å². The standard InChI is InChI=1S/C14H20F3N/c1-9-7-11(14(15,16)17)5-6-12(9)13(3,4)8-10(2)18/h5-7,10H,8,18H2,1-4H3. The van der Waals surface area contributed by atoms with Crippen LogP contribution in [-0.2, 0) is 11.6 Å². The molecule has 18 heavy (non-hydrogen) atoms. The van der Waals surface area contributed by atoms with E-state index in [1.165, 1.54) is 6.07 Å². The van der Waals surface area contributed by atoms with Crippen molar-refractivity contribution < 1.29 is 13.2 Å². The van der Waals surface area contributed by atoms with E-state index >= 15 is 0 Å². The predicted octanol–water partition coefficient (Wildman–Crippen LogP) is 4.03. The zero-order valence-electron chi connectivity index (χ0n) is 11.2. The third-order valence-corrected chi connectivity index (χ3v) is 3.12. The number of benzene rings is 1. The van der Waals surface area contributed by atoms with Crippen LogP contribution in [0.5, 0.6) is 0 Å². The van der Waals surface area contributed by atoms with Crippen LogP contribution in [0.3, 0.4) is 0 Å². The summed E-state index contributed by atoms with van der Waals surface area (Å²) in [6.07, 6.45) is -3.55. The Kier molecular flexibility index (Phi) is 4.11. The summed E-state index contributed by atoms with van der Waals surface area (Å²) in [5, 5.41) is 0. The largest absolute Gasteiger partial charge is 0.416 e. The minimum atomic E-state index is -4.28. The summed E-state index contributed by atoms with van der Waals surface area (Å²) in [7, 11) is 0. The minimum absolute atomic E-state index is 0.0155. The fraction of sp³-hybridized carbons (Fsp3) is 0.571. The number of rotatable bonds is 3. The SMILES string of the molecule is Cc1cc(C(F)(F)F)ccc1C(C)(C)CC(C)N. The fourth-order valence-corrected chi connectivity index (χ4v) is 2.51. The lowest BCUT2D eigenvalue weighted by atomic mass is 9.77. The van der Waals surface area contributed by atoms with Gasteiger partial charge in [-0.1, -0.05) is 19.9 Å². The molecule has 2 N–H and O–H groups in total. The average molecular weight is 259 g/mol. The first-order valence-corrected chi connectivity index (χ1v) is 5.98. The van der Waals surface area contributed by atoms with Crippen LogP contribution in [-0.4, -0.2) is 6.04 Å². The lowest BCUT2D eigenvalue weighted by Crippen LogP contribution is -2.29. The normalized spacial score (nSPS) is 14.7. The Hall–Kier alpha value is -1.03. The Morgan fingerprint density at radius 1 is 1.22 bits per heavy atom. The molecular formula is C14H20F3N. The fourth-order valence-electron chi connectivity index (χ4n) is 2.51. The highest BCUT2D eigenvalue weighted by atomic mass is 19.4. The van der Waals surface area contributed by atoms with Crippen LogP contribution in [0.2, 0.25) is 0 Å². The van der Waals surface area contributed by atoms with Crippen LogP contribution in [0, 0.1) is 6.92 Å². The van der Waals surface area contributed by atoms with Crippen LogP contribution in [0.1, 0.15) is 43.9 Å². The monoisotopic (exact) mass is 259 g/mol. The maximum absolute atomic E-state index is 12.6. The van der Waals surface area contributed by atoms with Crippen molar-refractivity contribution in [1.82, 2.24) is 0 Å². The van der Waals surface area contributed by atoms with E-state index in [1.54, 1.807) is 13.0 Å². The molecular weight excluding hydrogens is 239 g/mol. The Labute approximate surface area is 106 Å². The van der Waals surface area contributed by atoms with E-state index in [2.05, 4.69) is 0 Å². The van der Waals surface area contributed by atoms with Crippen molar-refractivity contribution >= 4 is 0 Å². The van der Waals surface area contributed by atoms with Gasteiger partial charge in [0.05, 0.1) is 5.56 Å². The van der Waals surface area contributed by atoms with Crippen LogP contribution >= 0.6 is 0 Å². The van der Waals surface area contributed by atoms with Gasteiger partial charge in [-0.05, 0) is 48.9 Å². The van der Waals surface area contributed by atoms with Crippen molar-refractivity contribution in [3.05, 3.63) is 34.9 Å². The predicted molar refractivity (Wildman–Crippen MR) is 67.5 cm³/mol. The van der Waals surface area contributed by atoms with Gasteiger partial charge in [-0.15, -0.1) is 0 Å². The topological polar surface area (TPSA) is 26.0 Å². The summed E-state index contributed by atoms with van der Waals surface area (Å²) in [6.45, 7) is 7.63. The van der Waals surface area contributed by atoms with Gasteiger partial charge in [-0.2, -0.15) is 13.2 Å². The molecule has 0 amide bonds. The molecule has 0 heterocycles. The van der Waals surface area contributed by atoms with E-state index in [9.17, 15) is 13.2 Å². The van der Waals surface area contributed by atoms with Gasteiger partial charge in [-0.25, -0.2) is 0 Å². The molecule has 4 heteroatoms. The van der Waals surface area contributed by atoms with Gasteiger partial charge in [-0.3, -0.25) is 0 Å². The summed E-state index contributed by atoms with van der Waals surface area (Å²) in [5.74, 6) is 0. The van der Waals surface area contributed by atoms with Gasteiger partial charge in [0.2, 0.25) is 0 Å². The van der Waals surface area contributed by atoms with Crippen LogP contribution in [0.4, 0.5) is 13.2 Å². The third kappa shape index (κ3) is 3.48. The highest BCUT2D eigenvalue weighted by Gasteiger charge is 2.32. The quantitative estimate of drug-likeness (QED) is 0.871. The zero-order chi connectivity index (χ0) is 14.1.